The van der Waals surface area contributed by atoms with Crippen molar-refractivity contribution in [2.45, 2.75) is 30.8 Å². The summed E-state index contributed by atoms with van der Waals surface area (Å²) < 4.78 is 5.64. The first-order chi connectivity index (χ1) is 7.58. The summed E-state index contributed by atoms with van der Waals surface area (Å²) in [4.78, 5) is 11.3. The van der Waals surface area contributed by atoms with E-state index in [9.17, 15) is 10.1 Å². The third kappa shape index (κ3) is 2.20. The van der Waals surface area contributed by atoms with E-state index < -0.39 is 0 Å². The number of nitrogens with zero attached hydrogens (tertiary/aromatic N) is 1. The van der Waals surface area contributed by atoms with Crippen molar-refractivity contribution >= 4 is 17.4 Å². The first-order valence-corrected chi connectivity index (χ1v) is 6.01. The minimum atomic E-state index is -0.376. The maximum atomic E-state index is 10.6. The first-order valence-electron chi connectivity index (χ1n) is 5.13. The molecule has 1 aliphatic rings. The van der Waals surface area contributed by atoms with Crippen molar-refractivity contribution < 1.29 is 9.66 Å². The fourth-order valence-corrected chi connectivity index (χ4v) is 2.64. The fourth-order valence-electron chi connectivity index (χ4n) is 1.57. The quantitative estimate of drug-likeness (QED) is 0.587. The van der Waals surface area contributed by atoms with Gasteiger partial charge in [0, 0.05) is 17.0 Å². The molecule has 0 N–H and O–H groups in total. The van der Waals surface area contributed by atoms with Gasteiger partial charge in [0.2, 0.25) is 0 Å². The van der Waals surface area contributed by atoms with Gasteiger partial charge in [-0.2, -0.15) is 0 Å². The van der Waals surface area contributed by atoms with E-state index in [1.807, 2.05) is 6.07 Å². The lowest BCUT2D eigenvalue weighted by molar-refractivity contribution is -0.385. The van der Waals surface area contributed by atoms with Gasteiger partial charge in [0.15, 0.2) is 0 Å². The first kappa shape index (κ1) is 11.4. The zero-order valence-corrected chi connectivity index (χ0v) is 9.99. The zero-order valence-electron chi connectivity index (χ0n) is 9.17. The van der Waals surface area contributed by atoms with E-state index in [1.165, 1.54) is 0 Å². The number of hydrogen-bond acceptors (Lipinski definition) is 4. The summed E-state index contributed by atoms with van der Waals surface area (Å²) in [5.41, 5.74) is 1.19. The van der Waals surface area contributed by atoms with Crippen molar-refractivity contribution in [3.8, 4) is 0 Å². The van der Waals surface area contributed by atoms with Crippen LogP contribution in [-0.2, 0) is 11.3 Å². The summed E-state index contributed by atoms with van der Waals surface area (Å²) in [6, 6.07) is 4.96. The Morgan fingerprint density at radius 1 is 1.56 bits per heavy atom. The lowest BCUT2D eigenvalue weighted by Gasteiger charge is -2.27. The van der Waals surface area contributed by atoms with Crippen molar-refractivity contribution in [3.05, 3.63) is 33.9 Å². The molecule has 1 atom stereocenters. The van der Waals surface area contributed by atoms with Crippen LogP contribution in [0.3, 0.4) is 0 Å². The summed E-state index contributed by atoms with van der Waals surface area (Å²) in [6.07, 6.45) is 0. The minimum Gasteiger partial charge on any atom is -0.362 e. The van der Waals surface area contributed by atoms with E-state index in [2.05, 4.69) is 13.8 Å². The van der Waals surface area contributed by atoms with Crippen molar-refractivity contribution in [3.63, 3.8) is 0 Å². The fraction of sp³-hybridized carbons (Fsp3) is 0.455. The zero-order chi connectivity index (χ0) is 11.7. The van der Waals surface area contributed by atoms with E-state index in [0.29, 0.717) is 12.5 Å². The van der Waals surface area contributed by atoms with Crippen molar-refractivity contribution in [2.75, 3.05) is 0 Å². The Bertz CT molecular complexity index is 420. The monoisotopic (exact) mass is 239 g/mol. The Balaban J connectivity index is 2.25. The van der Waals surface area contributed by atoms with Gasteiger partial charge in [-0.1, -0.05) is 25.6 Å². The second kappa shape index (κ2) is 4.43. The van der Waals surface area contributed by atoms with E-state index in [4.69, 9.17) is 4.74 Å². The maximum Gasteiger partial charge on any atom is 0.269 e. The average molecular weight is 239 g/mol. The topological polar surface area (TPSA) is 52.4 Å². The van der Waals surface area contributed by atoms with Crippen LogP contribution in [0.25, 0.3) is 0 Å². The molecule has 0 fully saturated rings. The highest BCUT2D eigenvalue weighted by Crippen LogP contribution is 2.38. The van der Waals surface area contributed by atoms with Crippen LogP contribution in [-0.4, -0.2) is 10.4 Å². The summed E-state index contributed by atoms with van der Waals surface area (Å²) in [7, 11) is 0. The van der Waals surface area contributed by atoms with Crippen LogP contribution in [0.1, 0.15) is 19.4 Å². The van der Waals surface area contributed by atoms with Crippen molar-refractivity contribution in [2.24, 2.45) is 5.92 Å². The molecular formula is C11H13NO3S. The molecule has 0 saturated carbocycles. The number of non-ortho nitro benzene ring substituents is 1. The Labute approximate surface area is 98.1 Å². The van der Waals surface area contributed by atoms with Gasteiger partial charge < -0.3 is 4.74 Å². The van der Waals surface area contributed by atoms with Gasteiger partial charge in [-0.15, -0.1) is 0 Å². The molecule has 0 aliphatic carbocycles. The van der Waals surface area contributed by atoms with Gasteiger partial charge in [-0.05, 0) is 17.5 Å². The summed E-state index contributed by atoms with van der Waals surface area (Å²) in [6.45, 7) is 4.68. The minimum absolute atomic E-state index is 0.131. The van der Waals surface area contributed by atoms with Gasteiger partial charge in [-0.25, -0.2) is 0 Å². The third-order valence-corrected chi connectivity index (χ3v) is 4.01. The molecule has 0 spiro atoms. The molecule has 4 nitrogen and oxygen atoms in total. The Morgan fingerprint density at radius 3 is 2.94 bits per heavy atom. The molecule has 1 aromatic rings. The second-order valence-electron chi connectivity index (χ2n) is 4.09. The molecule has 0 radical (unpaired) electrons. The highest BCUT2D eigenvalue weighted by atomic mass is 32.2. The van der Waals surface area contributed by atoms with E-state index in [-0.39, 0.29) is 16.0 Å². The van der Waals surface area contributed by atoms with Crippen LogP contribution < -0.4 is 0 Å². The van der Waals surface area contributed by atoms with Crippen LogP contribution >= 0.6 is 11.8 Å². The molecule has 5 heteroatoms. The number of nitro benzene ring substituents is 1. The molecule has 0 aromatic heterocycles. The molecule has 0 saturated heterocycles. The average Bonchev–Trinajstić information content (AvgIpc) is 2.27. The number of thioether (sulfide) groups is 1. The van der Waals surface area contributed by atoms with Gasteiger partial charge in [0.05, 0.1) is 11.5 Å². The van der Waals surface area contributed by atoms with Crippen LogP contribution in [0, 0.1) is 16.0 Å². The normalized spacial score (nSPS) is 19.6. The Morgan fingerprint density at radius 2 is 2.31 bits per heavy atom. The number of benzene rings is 1. The molecular weight excluding hydrogens is 226 g/mol. The Hall–Kier alpha value is -1.07. The van der Waals surface area contributed by atoms with E-state index in [0.717, 1.165) is 10.5 Å². The molecule has 16 heavy (non-hydrogen) atoms. The van der Waals surface area contributed by atoms with Gasteiger partial charge in [-0.3, -0.25) is 10.1 Å². The number of nitro groups is 1. The van der Waals surface area contributed by atoms with E-state index >= 15 is 0 Å². The van der Waals surface area contributed by atoms with Crippen LogP contribution in [0.4, 0.5) is 5.69 Å². The predicted molar refractivity (Wildman–Crippen MR) is 62.4 cm³/mol. The molecule has 0 bridgehead atoms. The van der Waals surface area contributed by atoms with Crippen LogP contribution in [0.15, 0.2) is 23.1 Å². The van der Waals surface area contributed by atoms with E-state index in [1.54, 1.807) is 23.9 Å². The number of rotatable bonds is 2. The number of ether oxygens (including phenoxy) is 1. The lowest BCUT2D eigenvalue weighted by atomic mass is 10.2. The molecule has 2 rings (SSSR count). The largest absolute Gasteiger partial charge is 0.362 e. The van der Waals surface area contributed by atoms with Crippen LogP contribution in [0.5, 0.6) is 0 Å². The molecule has 0 amide bonds. The molecule has 1 unspecified atom stereocenters. The maximum absolute atomic E-state index is 10.6. The SMILES string of the molecule is CC(C)C1OCc2cc([N+](=O)[O-])ccc2S1. The number of fused-ring (bicyclic) bond motifs is 1. The standard InChI is InChI=1S/C11H13NO3S/c1-7(2)11-15-6-8-5-9(12(13)14)3-4-10(8)16-11/h3-5,7,11H,6H2,1-2H3. The summed E-state index contributed by atoms with van der Waals surface area (Å²) in [5, 5.41) is 10.6. The predicted octanol–water partition coefficient (Wildman–Crippen LogP) is 3.20. The van der Waals surface area contributed by atoms with Crippen molar-refractivity contribution in [1.82, 2.24) is 0 Å². The summed E-state index contributed by atoms with van der Waals surface area (Å²) in [5.74, 6) is 0.438. The van der Waals surface area contributed by atoms with Crippen molar-refractivity contribution in [1.29, 1.82) is 0 Å². The van der Waals surface area contributed by atoms with Crippen LogP contribution in [0.2, 0.25) is 0 Å². The lowest BCUT2D eigenvalue weighted by Crippen LogP contribution is -2.19. The number of hydrogen-bond donors (Lipinski definition) is 0. The van der Waals surface area contributed by atoms with Gasteiger partial charge in [0.25, 0.3) is 5.69 Å². The third-order valence-electron chi connectivity index (χ3n) is 2.45. The van der Waals surface area contributed by atoms with Gasteiger partial charge >= 0.3 is 0 Å². The molecule has 1 heterocycles. The van der Waals surface area contributed by atoms with Gasteiger partial charge in [0.1, 0.15) is 5.44 Å². The molecule has 1 aliphatic heterocycles. The summed E-state index contributed by atoms with van der Waals surface area (Å²) >= 11 is 1.64. The Kier molecular flexibility index (Phi) is 3.16. The smallest absolute Gasteiger partial charge is 0.269 e. The highest BCUT2D eigenvalue weighted by Gasteiger charge is 2.23. The molecule has 86 valence electrons. The second-order valence-corrected chi connectivity index (χ2v) is 5.23. The molecule has 1 aromatic carbocycles. The highest BCUT2D eigenvalue weighted by molar-refractivity contribution is 7.99.